The largest absolute Gasteiger partial charge is 1.00 e. The van der Waals surface area contributed by atoms with Crippen LogP contribution in [0.4, 0.5) is 0 Å². The van der Waals surface area contributed by atoms with E-state index in [0.717, 1.165) is 25.7 Å². The summed E-state index contributed by atoms with van der Waals surface area (Å²) in [4.78, 5) is 23.9. The van der Waals surface area contributed by atoms with Gasteiger partial charge in [0.15, 0.2) is 0 Å². The standard InChI is InChI=1S/2C8H17NO.C2H5O.2ClH.Ti/c2*1-2-3-4-5-6-7-8(9)10;1-2-3;;;/h2*2-7H2,1H3,(H2,9,10);2H2,1H3;2*1H;/q;;-1;;;+5/p-4. The predicted molar refractivity (Wildman–Crippen MR) is 94.7 cm³/mol. The molecule has 0 saturated heterocycles. The minimum Gasteiger partial charge on any atom is -1.00 e. The number of nitrogens with one attached hydrogen (secondary N) is 2. The second kappa shape index (κ2) is 23.2. The van der Waals surface area contributed by atoms with Crippen LogP contribution in [-0.4, -0.2) is 18.4 Å². The summed E-state index contributed by atoms with van der Waals surface area (Å²) in [5.74, 6) is 0.0244. The van der Waals surface area contributed by atoms with Crippen molar-refractivity contribution in [2.24, 2.45) is 0 Å². The first-order valence-corrected chi connectivity index (χ1v) is 11.9. The van der Waals surface area contributed by atoms with Crippen molar-refractivity contribution in [2.75, 3.05) is 6.61 Å². The zero-order valence-electron chi connectivity index (χ0n) is 16.7. The Labute approximate surface area is 179 Å². The molecule has 0 atom stereocenters. The third-order valence-electron chi connectivity index (χ3n) is 3.81. The molecule has 5 nitrogen and oxygen atoms in total. The van der Waals surface area contributed by atoms with E-state index in [4.69, 9.17) is 3.32 Å². The molecule has 155 valence electrons. The van der Waals surface area contributed by atoms with Crippen LogP contribution in [0, 0.1) is 0 Å². The molecule has 0 aromatic carbocycles. The van der Waals surface area contributed by atoms with Crippen molar-refractivity contribution in [1.29, 1.82) is 0 Å². The van der Waals surface area contributed by atoms with E-state index in [-0.39, 0.29) is 36.6 Å². The first-order chi connectivity index (χ1) is 11.6. The van der Waals surface area contributed by atoms with Crippen LogP contribution in [0.25, 0.3) is 0 Å². The molecule has 0 aliphatic carbocycles. The maximum Gasteiger partial charge on any atom is -1.00 e. The van der Waals surface area contributed by atoms with E-state index in [0.29, 0.717) is 19.4 Å². The minimum atomic E-state index is -2.47. The molecule has 0 fully saturated rings. The number of hydrogen-bond donors (Lipinski definition) is 2. The first-order valence-electron chi connectivity index (χ1n) is 9.73. The Morgan fingerprint density at radius 3 is 1.42 bits per heavy atom. The third kappa shape index (κ3) is 20.5. The maximum absolute atomic E-state index is 12.0. The van der Waals surface area contributed by atoms with E-state index in [2.05, 4.69) is 21.4 Å². The molecule has 0 rings (SSSR count). The van der Waals surface area contributed by atoms with Crippen molar-refractivity contribution >= 4 is 11.8 Å². The molecule has 0 unspecified atom stereocenters. The van der Waals surface area contributed by atoms with Crippen LogP contribution < -0.4 is 32.4 Å². The summed E-state index contributed by atoms with van der Waals surface area (Å²) in [5, 5.41) is 0. The smallest absolute Gasteiger partial charge is 1.00 e. The molecule has 0 heterocycles. The number of carbonyl (C=O) groups excluding carboxylic acids is 2. The number of carbonyl (C=O) groups is 2. The van der Waals surface area contributed by atoms with Crippen LogP contribution in [0.2, 0.25) is 0 Å². The fraction of sp³-hybridized carbons (Fsp3) is 0.889. The number of halogens is 2. The Morgan fingerprint density at radius 2 is 1.08 bits per heavy atom. The predicted octanol–water partition coefficient (Wildman–Crippen LogP) is -1.65. The molecule has 8 heteroatoms. The van der Waals surface area contributed by atoms with E-state index in [9.17, 15) is 9.59 Å². The summed E-state index contributed by atoms with van der Waals surface area (Å²) in [6.45, 7) is 6.76. The molecule has 0 spiro atoms. The quantitative estimate of drug-likeness (QED) is 0.220. The van der Waals surface area contributed by atoms with Crippen LogP contribution in [-0.2, 0) is 31.7 Å². The van der Waals surface area contributed by atoms with E-state index in [1.165, 1.54) is 38.5 Å². The zero-order chi connectivity index (χ0) is 18.0. The van der Waals surface area contributed by atoms with Gasteiger partial charge in [0.05, 0.1) is 0 Å². The number of rotatable bonds is 16. The Balaban J connectivity index is -0.00000264. The van der Waals surface area contributed by atoms with E-state index >= 15 is 0 Å². The molecule has 0 saturated carbocycles. The van der Waals surface area contributed by atoms with Crippen LogP contribution in [0.15, 0.2) is 0 Å². The number of unbranched alkanes of at least 4 members (excludes halogenated alkanes) is 8. The van der Waals surface area contributed by atoms with Crippen molar-refractivity contribution in [2.45, 2.75) is 97.8 Å². The summed E-state index contributed by atoms with van der Waals surface area (Å²) in [6, 6.07) is 0. The van der Waals surface area contributed by atoms with Gasteiger partial charge in [-0.05, 0) is 0 Å². The average molecular weight is 448 g/mol. The van der Waals surface area contributed by atoms with Gasteiger partial charge in [0.2, 0.25) is 0 Å². The van der Waals surface area contributed by atoms with E-state index in [1.54, 1.807) is 0 Å². The van der Waals surface area contributed by atoms with Gasteiger partial charge in [0, 0.05) is 0 Å². The Hall–Kier alpha value is 0.194. The van der Waals surface area contributed by atoms with Crippen LogP contribution in [0.1, 0.15) is 97.8 Å². The van der Waals surface area contributed by atoms with Gasteiger partial charge in [-0.15, -0.1) is 0 Å². The van der Waals surface area contributed by atoms with Gasteiger partial charge in [-0.1, -0.05) is 0 Å². The third-order valence-corrected chi connectivity index (χ3v) is 6.29. The monoisotopic (exact) mass is 447 g/mol. The molecule has 0 bridgehead atoms. The Morgan fingerprint density at radius 1 is 0.692 bits per heavy atom. The van der Waals surface area contributed by atoms with Crippen molar-refractivity contribution < 1.29 is 56.5 Å². The van der Waals surface area contributed by atoms with Gasteiger partial charge in [-0.2, -0.15) is 0 Å². The second-order valence-electron chi connectivity index (χ2n) is 6.19. The topological polar surface area (TPSA) is 67.4 Å². The summed E-state index contributed by atoms with van der Waals surface area (Å²) in [7, 11) is 0. The minimum absolute atomic E-state index is 0. The zero-order valence-corrected chi connectivity index (χ0v) is 19.7. The molecule has 0 aromatic heterocycles. The summed E-state index contributed by atoms with van der Waals surface area (Å²) in [6.07, 6.45) is 12.3. The Kier molecular flexibility index (Phi) is 27.6. The maximum atomic E-state index is 12.0. The van der Waals surface area contributed by atoms with Gasteiger partial charge in [0.25, 0.3) is 0 Å². The van der Waals surface area contributed by atoms with Crippen molar-refractivity contribution in [3.8, 4) is 0 Å². The van der Waals surface area contributed by atoms with Gasteiger partial charge in [0.1, 0.15) is 0 Å². The fourth-order valence-corrected chi connectivity index (χ4v) is 4.36. The van der Waals surface area contributed by atoms with Crippen molar-refractivity contribution in [3.63, 3.8) is 0 Å². The van der Waals surface area contributed by atoms with Crippen LogP contribution in [0.3, 0.4) is 0 Å². The van der Waals surface area contributed by atoms with E-state index < -0.39 is 18.8 Å². The van der Waals surface area contributed by atoms with Gasteiger partial charge < -0.3 is 24.8 Å². The van der Waals surface area contributed by atoms with E-state index in [1.807, 2.05) is 6.92 Å². The van der Waals surface area contributed by atoms with Crippen molar-refractivity contribution in [1.82, 2.24) is 7.60 Å². The van der Waals surface area contributed by atoms with Crippen LogP contribution >= 0.6 is 0 Å². The Bertz CT molecular complexity index is 310. The van der Waals surface area contributed by atoms with Crippen molar-refractivity contribution in [3.05, 3.63) is 0 Å². The normalized spacial score (nSPS) is 9.65. The molecule has 0 aliphatic rings. The first kappa shape index (κ1) is 30.9. The molecule has 2 amide bonds. The van der Waals surface area contributed by atoms with Gasteiger partial charge >= 0.3 is 156 Å². The molecular weight excluding hydrogens is 411 g/mol. The molecule has 2 N–H and O–H groups in total. The summed E-state index contributed by atoms with van der Waals surface area (Å²) < 4.78 is 11.4. The molecule has 0 aromatic rings. The molecule has 26 heavy (non-hydrogen) atoms. The SMILES string of the molecule is CCCCCCCC(=O)[NH][Ti+2]([NH]C(=O)CCCCCCC)[O]CC.[Cl-].[Cl-]. The second-order valence-corrected chi connectivity index (χ2v) is 8.45. The van der Waals surface area contributed by atoms with Gasteiger partial charge in [-0.3, -0.25) is 0 Å². The van der Waals surface area contributed by atoms with Crippen LogP contribution in [0.5, 0.6) is 0 Å². The summed E-state index contributed by atoms with van der Waals surface area (Å²) >= 11 is -2.47. The molecular formula is C18H37Cl2N2O3Ti. The fourth-order valence-electron chi connectivity index (χ4n) is 2.40. The van der Waals surface area contributed by atoms with Gasteiger partial charge in [-0.25, -0.2) is 0 Å². The number of hydrogen-bond acceptors (Lipinski definition) is 3. The number of amides is 2. The average Bonchev–Trinajstić information content (AvgIpc) is 2.54. The summed E-state index contributed by atoms with van der Waals surface area (Å²) in [5.41, 5.74) is 0. The molecule has 0 aliphatic heterocycles. The molecule has 0 radical (unpaired) electrons.